The largest absolute Gasteiger partial charge is 1.00 e. The van der Waals surface area contributed by atoms with Crippen LogP contribution in [-0.4, -0.2) is 4.98 Å². The monoisotopic (exact) mass is 347 g/mol. The van der Waals surface area contributed by atoms with E-state index in [1.54, 1.807) is 15.0 Å². The third-order valence-electron chi connectivity index (χ3n) is 4.71. The van der Waals surface area contributed by atoms with Crippen LogP contribution in [0.2, 0.25) is 0 Å². The maximum Gasteiger partial charge on any atom is -1.00 e. The number of hydrogen-bond acceptors (Lipinski definition) is 0. The number of H-pyrrole nitrogens is 1. The molecular formula is C16H23Cl2NTi. The summed E-state index contributed by atoms with van der Waals surface area (Å²) in [4.78, 5) is 3.49. The second-order valence-electron chi connectivity index (χ2n) is 5.97. The van der Waals surface area contributed by atoms with Gasteiger partial charge in [-0.3, -0.25) is 0 Å². The van der Waals surface area contributed by atoms with Crippen LogP contribution in [0.25, 0.3) is 0 Å². The molecule has 20 heavy (non-hydrogen) atoms. The van der Waals surface area contributed by atoms with Gasteiger partial charge in [0.2, 0.25) is 0 Å². The quantitative estimate of drug-likeness (QED) is 0.596. The Morgan fingerprint density at radius 1 is 0.950 bits per heavy atom. The van der Waals surface area contributed by atoms with Gasteiger partial charge in [0.1, 0.15) is 0 Å². The molecule has 0 amide bonds. The Hall–Kier alpha value is 0.0543. The molecule has 1 aliphatic carbocycles. The number of halogens is 2. The Morgan fingerprint density at radius 3 is 1.85 bits per heavy atom. The van der Waals surface area contributed by atoms with Gasteiger partial charge in [-0.2, -0.15) is 0 Å². The molecule has 1 aromatic rings. The van der Waals surface area contributed by atoms with Gasteiger partial charge >= 0.3 is 120 Å². The van der Waals surface area contributed by atoms with Crippen molar-refractivity contribution >= 4 is 4.00 Å². The third kappa shape index (κ3) is 3.12. The number of hydrogen-bond donors (Lipinski definition) is 1. The predicted octanol–water partition coefficient (Wildman–Crippen LogP) is -2.00. The molecule has 110 valence electrons. The molecule has 0 atom stereocenters. The van der Waals surface area contributed by atoms with Crippen molar-refractivity contribution in [2.24, 2.45) is 5.41 Å². The molecule has 0 radical (unpaired) electrons. The van der Waals surface area contributed by atoms with Gasteiger partial charge in [0, 0.05) is 0 Å². The summed E-state index contributed by atoms with van der Waals surface area (Å²) in [6, 6.07) is 0. The van der Waals surface area contributed by atoms with Gasteiger partial charge in [0.15, 0.2) is 0 Å². The van der Waals surface area contributed by atoms with E-state index in [1.807, 2.05) is 0 Å². The Balaban J connectivity index is 0.00000180. The molecule has 0 aliphatic heterocycles. The smallest absolute Gasteiger partial charge is 1.00 e. The van der Waals surface area contributed by atoms with E-state index in [2.05, 4.69) is 59.6 Å². The van der Waals surface area contributed by atoms with Crippen LogP contribution in [0.4, 0.5) is 0 Å². The van der Waals surface area contributed by atoms with Crippen molar-refractivity contribution in [3.63, 3.8) is 0 Å². The Labute approximate surface area is 144 Å². The molecule has 4 heteroatoms. The van der Waals surface area contributed by atoms with Crippen LogP contribution in [0.15, 0.2) is 26.8 Å². The van der Waals surface area contributed by atoms with Crippen LogP contribution < -0.4 is 28.8 Å². The van der Waals surface area contributed by atoms with Gasteiger partial charge in [-0.25, -0.2) is 0 Å². The second-order valence-corrected chi connectivity index (χ2v) is 7.92. The predicted molar refractivity (Wildman–Crippen MR) is 74.8 cm³/mol. The number of aromatic amines is 1. The van der Waals surface area contributed by atoms with Gasteiger partial charge < -0.3 is 24.8 Å². The van der Waals surface area contributed by atoms with E-state index < -0.39 is 0 Å². The van der Waals surface area contributed by atoms with E-state index in [0.29, 0.717) is 0 Å². The average molecular weight is 348 g/mol. The Kier molecular flexibility index (Phi) is 6.89. The first-order valence-electron chi connectivity index (χ1n) is 6.58. The van der Waals surface area contributed by atoms with Crippen LogP contribution in [-0.2, 0) is 19.2 Å². The van der Waals surface area contributed by atoms with Gasteiger partial charge in [-0.05, 0) is 0 Å². The van der Waals surface area contributed by atoms with Crippen LogP contribution in [0, 0.1) is 19.3 Å². The summed E-state index contributed by atoms with van der Waals surface area (Å²) in [7, 11) is 0. The van der Waals surface area contributed by atoms with E-state index in [4.69, 9.17) is 0 Å². The molecule has 0 saturated carbocycles. The molecule has 1 aromatic heterocycles. The van der Waals surface area contributed by atoms with Gasteiger partial charge in [-0.1, -0.05) is 0 Å². The summed E-state index contributed by atoms with van der Waals surface area (Å²) in [5.74, 6) is 0. The first-order valence-corrected chi connectivity index (χ1v) is 8.14. The molecule has 0 bridgehead atoms. The number of aromatic nitrogens is 1. The standard InChI is InChI=1S/C10H15.C6H8N.2ClH.Ti/c1-7-6-10(4,5)9(3)8(7)2;1-5-3-7-4-6(5)2;;;/h1-5H3;3,7H,1-2H3;2*1H;/q;;;;+2/p-2. The van der Waals surface area contributed by atoms with Crippen LogP contribution in [0.1, 0.15) is 45.7 Å². The maximum atomic E-state index is 3.49. The van der Waals surface area contributed by atoms with Gasteiger partial charge in [-0.15, -0.1) is 0 Å². The third-order valence-corrected chi connectivity index (χ3v) is 7.87. The second kappa shape index (κ2) is 6.88. The van der Waals surface area contributed by atoms with E-state index in [1.165, 1.54) is 20.7 Å². The zero-order chi connectivity index (χ0) is 13.7. The first kappa shape index (κ1) is 20.1. The molecule has 1 heterocycles. The van der Waals surface area contributed by atoms with Crippen molar-refractivity contribution in [1.82, 2.24) is 4.98 Å². The van der Waals surface area contributed by atoms with E-state index in [-0.39, 0.29) is 49.4 Å². The summed E-state index contributed by atoms with van der Waals surface area (Å²) in [5.41, 5.74) is 7.74. The fourth-order valence-electron chi connectivity index (χ4n) is 2.69. The molecule has 1 N–H and O–H groups in total. The number of nitrogens with one attached hydrogen (secondary N) is 1. The summed E-state index contributed by atoms with van der Waals surface area (Å²) in [6.45, 7) is 16.1. The molecular weight excluding hydrogens is 325 g/mol. The van der Waals surface area contributed by atoms with Crippen molar-refractivity contribution < 1.29 is 44.0 Å². The SMILES string of the molecule is CC1=C(C)C(C)(C)[C]([Ti+2][c]2[nH]cc(C)c2C)=C1C.[Cl-].[Cl-]. The molecule has 0 spiro atoms. The van der Waals surface area contributed by atoms with Crippen molar-refractivity contribution in [3.8, 4) is 0 Å². The molecule has 0 unspecified atom stereocenters. The van der Waals surface area contributed by atoms with Crippen molar-refractivity contribution in [1.29, 1.82) is 0 Å². The topological polar surface area (TPSA) is 15.8 Å². The van der Waals surface area contributed by atoms with Gasteiger partial charge in [0.25, 0.3) is 0 Å². The Morgan fingerprint density at radius 2 is 1.50 bits per heavy atom. The van der Waals surface area contributed by atoms with Crippen LogP contribution in [0.3, 0.4) is 0 Å². The fourth-order valence-corrected chi connectivity index (χ4v) is 5.28. The van der Waals surface area contributed by atoms with E-state index in [9.17, 15) is 0 Å². The summed E-state index contributed by atoms with van der Waals surface area (Å²) in [5, 5.41) is 0. The number of aryl methyl sites for hydroxylation is 1. The number of rotatable bonds is 2. The minimum absolute atomic E-state index is 0. The summed E-state index contributed by atoms with van der Waals surface area (Å²) in [6.07, 6.45) is 2.15. The molecule has 0 fully saturated rings. The van der Waals surface area contributed by atoms with E-state index in [0.717, 1.165) is 0 Å². The minimum Gasteiger partial charge on any atom is -1.00 e. The zero-order valence-electron chi connectivity index (χ0n) is 13.3. The van der Waals surface area contributed by atoms with Crippen molar-refractivity contribution in [3.05, 3.63) is 37.9 Å². The Bertz CT molecular complexity index is 565. The number of allylic oxidation sites excluding steroid dienone is 4. The normalized spacial score (nSPS) is 16.8. The summed E-state index contributed by atoms with van der Waals surface area (Å²) < 4.78 is 3.19. The summed E-state index contributed by atoms with van der Waals surface area (Å²) >= 11 is -0.233. The van der Waals surface area contributed by atoms with Crippen molar-refractivity contribution in [2.75, 3.05) is 0 Å². The van der Waals surface area contributed by atoms with Gasteiger partial charge in [0.05, 0.1) is 0 Å². The molecule has 1 aliphatic rings. The van der Waals surface area contributed by atoms with E-state index >= 15 is 0 Å². The zero-order valence-corrected chi connectivity index (χ0v) is 16.4. The molecule has 0 aromatic carbocycles. The average Bonchev–Trinajstić information content (AvgIpc) is 2.69. The van der Waals surface area contributed by atoms with Crippen LogP contribution >= 0.6 is 0 Å². The van der Waals surface area contributed by atoms with Crippen LogP contribution in [0.5, 0.6) is 0 Å². The molecule has 0 saturated heterocycles. The maximum absolute atomic E-state index is 3.49. The minimum atomic E-state index is -0.233. The van der Waals surface area contributed by atoms with Crippen molar-refractivity contribution in [2.45, 2.75) is 48.5 Å². The fraction of sp³-hybridized carbons (Fsp3) is 0.500. The first-order chi connectivity index (χ1) is 8.26. The molecule has 2 rings (SSSR count). The molecule has 1 nitrogen and oxygen atoms in total.